The van der Waals surface area contributed by atoms with E-state index in [0.717, 1.165) is 21.6 Å². The quantitative estimate of drug-likeness (QED) is 0.766. The second-order valence-electron chi connectivity index (χ2n) is 5.00. The van der Waals surface area contributed by atoms with Gasteiger partial charge in [-0.2, -0.15) is 0 Å². The van der Waals surface area contributed by atoms with Crippen LogP contribution in [-0.2, 0) is 0 Å². The summed E-state index contributed by atoms with van der Waals surface area (Å²) in [7, 11) is 0. The van der Waals surface area contributed by atoms with Crippen LogP contribution < -0.4 is 0 Å². The smallest absolute Gasteiger partial charge is 0.254 e. The number of nitrogens with zero attached hydrogens (tertiary/aromatic N) is 1. The van der Waals surface area contributed by atoms with E-state index in [9.17, 15) is 4.79 Å². The summed E-state index contributed by atoms with van der Waals surface area (Å²) in [5, 5.41) is 0. The van der Waals surface area contributed by atoms with Gasteiger partial charge >= 0.3 is 0 Å². The molecule has 1 fully saturated rings. The van der Waals surface area contributed by atoms with Crippen molar-refractivity contribution < 1.29 is 4.79 Å². The highest BCUT2D eigenvalue weighted by Crippen LogP contribution is 2.30. The number of hydrogen-bond acceptors (Lipinski definition) is 1. The number of hydrogen-bond donors (Lipinski definition) is 0. The van der Waals surface area contributed by atoms with Crippen LogP contribution in [0.5, 0.6) is 0 Å². The van der Waals surface area contributed by atoms with Crippen LogP contribution in [0.3, 0.4) is 0 Å². The van der Waals surface area contributed by atoms with E-state index in [4.69, 9.17) is 0 Å². The number of carbonyl (C=O) groups excluding carboxylic acids is 1. The highest BCUT2D eigenvalue weighted by atomic mass is 127. The maximum atomic E-state index is 12.4. The van der Waals surface area contributed by atoms with E-state index in [2.05, 4.69) is 36.4 Å². The predicted octanol–water partition coefficient (Wildman–Crippen LogP) is 3.55. The summed E-state index contributed by atoms with van der Waals surface area (Å²) >= 11 is 2.26. The average molecular weight is 343 g/mol. The van der Waals surface area contributed by atoms with Gasteiger partial charge in [-0.05, 0) is 79.5 Å². The second kappa shape index (κ2) is 5.38. The lowest BCUT2D eigenvalue weighted by molar-refractivity contribution is 0.0696. The minimum atomic E-state index is 0.170. The van der Waals surface area contributed by atoms with Crippen LogP contribution in [0.2, 0.25) is 0 Å². The molecule has 1 aromatic carbocycles. The molecule has 1 amide bonds. The molecule has 0 N–H and O–H groups in total. The summed E-state index contributed by atoms with van der Waals surface area (Å²) in [5.41, 5.74) is 0.805. The fourth-order valence-electron chi connectivity index (χ4n) is 1.87. The monoisotopic (exact) mass is 343 g/mol. The summed E-state index contributed by atoms with van der Waals surface area (Å²) in [6.07, 6.45) is 2.56. The van der Waals surface area contributed by atoms with Crippen molar-refractivity contribution in [3.8, 4) is 0 Å². The Labute approximate surface area is 117 Å². The van der Waals surface area contributed by atoms with Gasteiger partial charge in [-0.25, -0.2) is 0 Å². The predicted molar refractivity (Wildman–Crippen MR) is 78.1 cm³/mol. The van der Waals surface area contributed by atoms with Gasteiger partial charge in [0.1, 0.15) is 0 Å². The number of amides is 1. The molecular formula is C14H18INO. The zero-order valence-electron chi connectivity index (χ0n) is 10.3. The standard InChI is InChI=1S/C14H18INO/c1-10(2)16(9-11-3-4-11)14(17)12-5-7-13(15)8-6-12/h5-8,10-11H,3-4,9H2,1-2H3. The number of rotatable bonds is 4. The second-order valence-corrected chi connectivity index (χ2v) is 6.25. The highest BCUT2D eigenvalue weighted by Gasteiger charge is 2.28. The molecule has 0 heterocycles. The molecule has 0 atom stereocenters. The van der Waals surface area contributed by atoms with E-state index in [1.54, 1.807) is 0 Å². The van der Waals surface area contributed by atoms with E-state index < -0.39 is 0 Å². The molecular weight excluding hydrogens is 325 g/mol. The summed E-state index contributed by atoms with van der Waals surface area (Å²) < 4.78 is 1.16. The van der Waals surface area contributed by atoms with E-state index in [1.165, 1.54) is 12.8 Å². The van der Waals surface area contributed by atoms with Crippen molar-refractivity contribution in [2.45, 2.75) is 32.7 Å². The lowest BCUT2D eigenvalue weighted by Gasteiger charge is -2.27. The van der Waals surface area contributed by atoms with E-state index in [1.807, 2.05) is 29.2 Å². The van der Waals surface area contributed by atoms with Gasteiger partial charge in [0.25, 0.3) is 5.91 Å². The molecule has 2 rings (SSSR count). The molecule has 0 saturated heterocycles. The Morgan fingerprint density at radius 1 is 1.35 bits per heavy atom. The Kier molecular flexibility index (Phi) is 4.07. The molecule has 1 aromatic rings. The van der Waals surface area contributed by atoms with Gasteiger partial charge in [0, 0.05) is 21.7 Å². The zero-order valence-corrected chi connectivity index (χ0v) is 12.5. The molecule has 0 aliphatic heterocycles. The van der Waals surface area contributed by atoms with Crippen molar-refractivity contribution in [1.29, 1.82) is 0 Å². The molecule has 0 radical (unpaired) electrons. The van der Waals surface area contributed by atoms with Gasteiger partial charge in [0.15, 0.2) is 0 Å². The average Bonchev–Trinajstić information content (AvgIpc) is 3.09. The molecule has 3 heteroatoms. The summed E-state index contributed by atoms with van der Waals surface area (Å²) in [6.45, 7) is 5.10. The van der Waals surface area contributed by atoms with Crippen LogP contribution in [0.25, 0.3) is 0 Å². The Balaban J connectivity index is 2.11. The number of benzene rings is 1. The van der Waals surface area contributed by atoms with Gasteiger partial charge in [-0.1, -0.05) is 0 Å². The lowest BCUT2D eigenvalue weighted by Crippen LogP contribution is -2.38. The summed E-state index contributed by atoms with van der Waals surface area (Å²) in [4.78, 5) is 14.4. The van der Waals surface area contributed by atoms with Gasteiger partial charge in [0.2, 0.25) is 0 Å². The van der Waals surface area contributed by atoms with Crippen molar-refractivity contribution >= 4 is 28.5 Å². The van der Waals surface area contributed by atoms with Crippen LogP contribution in [0, 0.1) is 9.49 Å². The highest BCUT2D eigenvalue weighted by molar-refractivity contribution is 14.1. The third-order valence-electron chi connectivity index (χ3n) is 3.13. The lowest BCUT2D eigenvalue weighted by atomic mass is 10.1. The van der Waals surface area contributed by atoms with E-state index >= 15 is 0 Å². The van der Waals surface area contributed by atoms with Crippen LogP contribution in [0.1, 0.15) is 37.0 Å². The Bertz CT molecular complexity index is 395. The van der Waals surface area contributed by atoms with Gasteiger partial charge in [-0.15, -0.1) is 0 Å². The van der Waals surface area contributed by atoms with E-state index in [-0.39, 0.29) is 11.9 Å². The van der Waals surface area contributed by atoms with Crippen LogP contribution in [-0.4, -0.2) is 23.4 Å². The minimum absolute atomic E-state index is 0.170. The summed E-state index contributed by atoms with van der Waals surface area (Å²) in [5.74, 6) is 0.911. The maximum Gasteiger partial charge on any atom is 0.254 e. The van der Waals surface area contributed by atoms with Crippen LogP contribution >= 0.6 is 22.6 Å². The Hall–Kier alpha value is -0.580. The van der Waals surface area contributed by atoms with Crippen LogP contribution in [0.4, 0.5) is 0 Å². The minimum Gasteiger partial charge on any atom is -0.336 e. The normalized spacial score (nSPS) is 15.1. The SMILES string of the molecule is CC(C)N(CC1CC1)C(=O)c1ccc(I)cc1. The van der Waals surface area contributed by atoms with Crippen molar-refractivity contribution in [2.24, 2.45) is 5.92 Å². The van der Waals surface area contributed by atoms with Crippen molar-refractivity contribution in [3.63, 3.8) is 0 Å². The first kappa shape index (κ1) is 12.9. The molecule has 2 nitrogen and oxygen atoms in total. The molecule has 1 saturated carbocycles. The topological polar surface area (TPSA) is 20.3 Å². The van der Waals surface area contributed by atoms with Gasteiger partial charge < -0.3 is 4.90 Å². The molecule has 17 heavy (non-hydrogen) atoms. The van der Waals surface area contributed by atoms with Crippen molar-refractivity contribution in [3.05, 3.63) is 33.4 Å². The van der Waals surface area contributed by atoms with Gasteiger partial charge in [0.05, 0.1) is 0 Å². The fraction of sp³-hybridized carbons (Fsp3) is 0.500. The zero-order chi connectivity index (χ0) is 12.4. The molecule has 0 bridgehead atoms. The Morgan fingerprint density at radius 2 is 1.94 bits per heavy atom. The molecule has 0 spiro atoms. The number of carbonyl (C=O) groups is 1. The molecule has 1 aliphatic carbocycles. The number of halogens is 1. The molecule has 0 aromatic heterocycles. The van der Waals surface area contributed by atoms with Gasteiger partial charge in [-0.3, -0.25) is 4.79 Å². The first-order chi connectivity index (χ1) is 8.08. The van der Waals surface area contributed by atoms with Crippen molar-refractivity contribution in [1.82, 2.24) is 4.90 Å². The first-order valence-corrected chi connectivity index (χ1v) is 7.22. The summed E-state index contributed by atoms with van der Waals surface area (Å²) in [6, 6.07) is 8.10. The molecule has 92 valence electrons. The molecule has 0 unspecified atom stereocenters. The van der Waals surface area contributed by atoms with Crippen molar-refractivity contribution in [2.75, 3.05) is 6.54 Å². The van der Waals surface area contributed by atoms with Crippen LogP contribution in [0.15, 0.2) is 24.3 Å². The maximum absolute atomic E-state index is 12.4. The first-order valence-electron chi connectivity index (χ1n) is 6.14. The third kappa shape index (κ3) is 3.44. The molecule has 1 aliphatic rings. The third-order valence-corrected chi connectivity index (χ3v) is 3.85. The Morgan fingerprint density at radius 3 is 2.41 bits per heavy atom. The fourth-order valence-corrected chi connectivity index (χ4v) is 2.22. The largest absolute Gasteiger partial charge is 0.336 e. The van der Waals surface area contributed by atoms with E-state index in [0.29, 0.717) is 0 Å².